The molecule has 0 saturated heterocycles. The van der Waals surface area contributed by atoms with Crippen LogP contribution in [0.3, 0.4) is 0 Å². The Hall–Kier alpha value is -1.68. The van der Waals surface area contributed by atoms with Crippen LogP contribution in [0.15, 0.2) is 24.3 Å². The maximum atomic E-state index is 12.0. The molecule has 134 valence electrons. The molecular formula is C21H28N2OS. The van der Waals surface area contributed by atoms with Gasteiger partial charge in [0, 0.05) is 24.3 Å². The Kier molecular flexibility index (Phi) is 6.24. The lowest BCUT2D eigenvalue weighted by molar-refractivity contribution is -0.121. The number of aromatic nitrogens is 1. The normalized spacial score (nSPS) is 13.7. The summed E-state index contributed by atoms with van der Waals surface area (Å²) in [5.41, 5.74) is 3.88. The van der Waals surface area contributed by atoms with Crippen LogP contribution in [-0.2, 0) is 30.5 Å². The summed E-state index contributed by atoms with van der Waals surface area (Å²) in [6.45, 7) is 5.08. The first kappa shape index (κ1) is 18.1. The molecular weight excluding hydrogens is 328 g/mol. The Morgan fingerprint density at radius 3 is 2.64 bits per heavy atom. The number of hydrogen-bond donors (Lipinski definition) is 1. The highest BCUT2D eigenvalue weighted by molar-refractivity contribution is 7.11. The summed E-state index contributed by atoms with van der Waals surface area (Å²) in [5, 5.41) is 4.22. The fourth-order valence-corrected chi connectivity index (χ4v) is 4.39. The van der Waals surface area contributed by atoms with Gasteiger partial charge in [0.25, 0.3) is 0 Å². The summed E-state index contributed by atoms with van der Waals surface area (Å²) in [7, 11) is 0. The van der Waals surface area contributed by atoms with Crippen LogP contribution in [0, 0.1) is 0 Å². The van der Waals surface area contributed by atoms with E-state index in [2.05, 4.69) is 43.4 Å². The maximum Gasteiger partial charge on any atom is 0.220 e. The van der Waals surface area contributed by atoms with Crippen LogP contribution in [0.25, 0.3) is 0 Å². The average Bonchev–Trinajstić information content (AvgIpc) is 3.03. The number of nitrogens with zero attached hydrogens (tertiary/aromatic N) is 1. The molecule has 3 rings (SSSR count). The first-order valence-electron chi connectivity index (χ1n) is 9.45. The van der Waals surface area contributed by atoms with Gasteiger partial charge < -0.3 is 5.32 Å². The van der Waals surface area contributed by atoms with E-state index in [4.69, 9.17) is 4.98 Å². The van der Waals surface area contributed by atoms with Gasteiger partial charge in [0.15, 0.2) is 0 Å². The summed E-state index contributed by atoms with van der Waals surface area (Å²) in [6.07, 6.45) is 7.09. The van der Waals surface area contributed by atoms with E-state index in [0.717, 1.165) is 19.3 Å². The van der Waals surface area contributed by atoms with Gasteiger partial charge in [-0.2, -0.15) is 0 Å². The van der Waals surface area contributed by atoms with E-state index in [0.29, 0.717) is 18.9 Å². The smallest absolute Gasteiger partial charge is 0.220 e. The van der Waals surface area contributed by atoms with Gasteiger partial charge in [-0.25, -0.2) is 4.98 Å². The van der Waals surface area contributed by atoms with Crippen molar-refractivity contribution >= 4 is 17.2 Å². The number of aryl methyl sites for hydroxylation is 3. The lowest BCUT2D eigenvalue weighted by atomic mass is 10.0. The van der Waals surface area contributed by atoms with Gasteiger partial charge in [-0.05, 0) is 49.1 Å². The molecule has 4 heteroatoms. The molecule has 0 spiro atoms. The van der Waals surface area contributed by atoms with Crippen LogP contribution in [0.2, 0.25) is 0 Å². The fraction of sp³-hybridized carbons (Fsp3) is 0.524. The number of carbonyl (C=O) groups excluding carboxylic acids is 1. The van der Waals surface area contributed by atoms with Gasteiger partial charge >= 0.3 is 0 Å². The standard InChI is InChI=1S/C21H28N2OS/c1-15(2)17-10-7-16(8-11-17)9-12-20(24)22-14-13-21-23-18-5-3-4-6-19(18)25-21/h7-8,10-11,15H,3-6,9,12-14H2,1-2H3,(H,22,24). The minimum Gasteiger partial charge on any atom is -0.356 e. The molecule has 1 aliphatic rings. The number of thiazole rings is 1. The van der Waals surface area contributed by atoms with Crippen molar-refractivity contribution in [2.75, 3.05) is 6.54 Å². The quantitative estimate of drug-likeness (QED) is 0.797. The first-order chi connectivity index (χ1) is 12.1. The van der Waals surface area contributed by atoms with Gasteiger partial charge in [0.2, 0.25) is 5.91 Å². The van der Waals surface area contributed by atoms with Crippen molar-refractivity contribution in [2.45, 2.75) is 64.7 Å². The maximum absolute atomic E-state index is 12.0. The highest BCUT2D eigenvalue weighted by Gasteiger charge is 2.14. The minimum atomic E-state index is 0.134. The molecule has 0 aliphatic heterocycles. The van der Waals surface area contributed by atoms with Crippen molar-refractivity contribution in [1.82, 2.24) is 10.3 Å². The number of hydrogen-bond acceptors (Lipinski definition) is 3. The van der Waals surface area contributed by atoms with Crippen LogP contribution in [0.4, 0.5) is 0 Å². The summed E-state index contributed by atoms with van der Waals surface area (Å²) >= 11 is 1.84. The molecule has 1 aromatic heterocycles. The van der Waals surface area contributed by atoms with E-state index >= 15 is 0 Å². The number of rotatable bonds is 7. The lowest BCUT2D eigenvalue weighted by Crippen LogP contribution is -2.25. The Bertz CT molecular complexity index is 680. The molecule has 1 heterocycles. The number of benzene rings is 1. The summed E-state index contributed by atoms with van der Waals surface area (Å²) in [5.74, 6) is 0.683. The molecule has 3 nitrogen and oxygen atoms in total. The molecule has 1 aromatic carbocycles. The lowest BCUT2D eigenvalue weighted by Gasteiger charge is -2.07. The molecule has 0 unspecified atom stereocenters. The van der Waals surface area contributed by atoms with E-state index in [9.17, 15) is 4.79 Å². The third-order valence-corrected chi connectivity index (χ3v) is 6.06. The number of amides is 1. The molecule has 0 saturated carbocycles. The molecule has 1 N–H and O–H groups in total. The largest absolute Gasteiger partial charge is 0.356 e. The Labute approximate surface area is 154 Å². The molecule has 2 aromatic rings. The Balaban J connectivity index is 1.38. The van der Waals surface area contributed by atoms with Crippen molar-refractivity contribution in [1.29, 1.82) is 0 Å². The van der Waals surface area contributed by atoms with Gasteiger partial charge in [0.05, 0.1) is 10.7 Å². The van der Waals surface area contributed by atoms with Crippen molar-refractivity contribution in [3.63, 3.8) is 0 Å². The summed E-state index contributed by atoms with van der Waals surface area (Å²) in [4.78, 5) is 18.2. The number of fused-ring (bicyclic) bond motifs is 1. The summed E-state index contributed by atoms with van der Waals surface area (Å²) < 4.78 is 0. The summed E-state index contributed by atoms with van der Waals surface area (Å²) in [6, 6.07) is 8.62. The fourth-order valence-electron chi connectivity index (χ4n) is 3.24. The third kappa shape index (κ3) is 5.15. The second kappa shape index (κ2) is 8.61. The minimum absolute atomic E-state index is 0.134. The van der Waals surface area contributed by atoms with Gasteiger partial charge in [-0.1, -0.05) is 38.1 Å². The van der Waals surface area contributed by atoms with E-state index in [1.165, 1.54) is 46.0 Å². The average molecular weight is 357 g/mol. The Morgan fingerprint density at radius 1 is 1.16 bits per heavy atom. The third-order valence-electron chi connectivity index (χ3n) is 4.84. The number of nitrogens with one attached hydrogen (secondary N) is 1. The molecule has 0 radical (unpaired) electrons. The zero-order valence-corrected chi connectivity index (χ0v) is 16.1. The van der Waals surface area contributed by atoms with Gasteiger partial charge in [0.1, 0.15) is 0 Å². The molecule has 1 amide bonds. The van der Waals surface area contributed by atoms with Crippen LogP contribution in [-0.4, -0.2) is 17.4 Å². The molecule has 25 heavy (non-hydrogen) atoms. The van der Waals surface area contributed by atoms with Crippen LogP contribution < -0.4 is 5.32 Å². The zero-order valence-electron chi connectivity index (χ0n) is 15.3. The van der Waals surface area contributed by atoms with E-state index < -0.39 is 0 Å². The Morgan fingerprint density at radius 2 is 1.92 bits per heavy atom. The number of carbonyl (C=O) groups is 1. The van der Waals surface area contributed by atoms with E-state index in [-0.39, 0.29) is 5.91 Å². The topological polar surface area (TPSA) is 42.0 Å². The van der Waals surface area contributed by atoms with E-state index in [1.807, 2.05) is 11.3 Å². The SMILES string of the molecule is CC(C)c1ccc(CCC(=O)NCCc2nc3c(s2)CCCC3)cc1. The van der Waals surface area contributed by atoms with Crippen molar-refractivity contribution in [3.8, 4) is 0 Å². The monoisotopic (exact) mass is 356 g/mol. The predicted molar refractivity (Wildman–Crippen MR) is 104 cm³/mol. The van der Waals surface area contributed by atoms with Crippen molar-refractivity contribution in [2.24, 2.45) is 0 Å². The zero-order chi connectivity index (χ0) is 17.6. The van der Waals surface area contributed by atoms with Gasteiger partial charge in [-0.15, -0.1) is 11.3 Å². The molecule has 0 bridgehead atoms. The van der Waals surface area contributed by atoms with Crippen molar-refractivity contribution in [3.05, 3.63) is 51.0 Å². The second-order valence-electron chi connectivity index (χ2n) is 7.18. The van der Waals surface area contributed by atoms with Crippen molar-refractivity contribution < 1.29 is 4.79 Å². The molecule has 0 fully saturated rings. The highest BCUT2D eigenvalue weighted by Crippen LogP contribution is 2.26. The van der Waals surface area contributed by atoms with Crippen LogP contribution >= 0.6 is 11.3 Å². The highest BCUT2D eigenvalue weighted by atomic mass is 32.1. The second-order valence-corrected chi connectivity index (χ2v) is 8.35. The first-order valence-corrected chi connectivity index (χ1v) is 10.3. The molecule has 1 aliphatic carbocycles. The van der Waals surface area contributed by atoms with Gasteiger partial charge in [-0.3, -0.25) is 4.79 Å². The predicted octanol–water partition coefficient (Wildman–Crippen LogP) is 4.44. The molecule has 0 atom stereocenters. The van der Waals surface area contributed by atoms with E-state index in [1.54, 1.807) is 0 Å². The van der Waals surface area contributed by atoms with Crippen LogP contribution in [0.1, 0.15) is 65.7 Å². The van der Waals surface area contributed by atoms with Crippen LogP contribution in [0.5, 0.6) is 0 Å².